The lowest BCUT2D eigenvalue weighted by molar-refractivity contribution is 0.0518. The first-order chi connectivity index (χ1) is 13.0. The van der Waals surface area contributed by atoms with E-state index < -0.39 is 5.97 Å². The molecule has 0 atom stereocenters. The normalized spacial score (nSPS) is 10.7. The summed E-state index contributed by atoms with van der Waals surface area (Å²) in [6.45, 7) is 1.83. The molecule has 3 aromatic rings. The Morgan fingerprint density at radius 1 is 1.11 bits per heavy atom. The number of ether oxygens (including phenoxy) is 1. The Kier molecular flexibility index (Phi) is 5.85. The molecule has 0 N–H and O–H groups in total. The molecule has 8 heteroatoms. The van der Waals surface area contributed by atoms with E-state index in [9.17, 15) is 9.59 Å². The van der Waals surface area contributed by atoms with Crippen LogP contribution in [0, 0.1) is 0 Å². The Labute approximate surface area is 170 Å². The van der Waals surface area contributed by atoms with Gasteiger partial charge in [0.15, 0.2) is 12.0 Å². The van der Waals surface area contributed by atoms with Gasteiger partial charge in [-0.25, -0.2) is 9.78 Å². The van der Waals surface area contributed by atoms with Crippen LogP contribution in [0.15, 0.2) is 42.5 Å². The molecular weight excluding hydrogens is 411 g/mol. The van der Waals surface area contributed by atoms with Crippen molar-refractivity contribution in [3.63, 3.8) is 0 Å². The van der Waals surface area contributed by atoms with Gasteiger partial charge in [-0.15, -0.1) is 0 Å². The predicted molar refractivity (Wildman–Crippen MR) is 105 cm³/mol. The van der Waals surface area contributed by atoms with E-state index >= 15 is 0 Å². The SMILES string of the molecule is CCOC(=O)c1nc(-c2ccc(Cl)cc2Cl)n(-c2ccc(Cl)cc2)c1C=O. The molecule has 0 saturated carbocycles. The van der Waals surface area contributed by atoms with Gasteiger partial charge in [0.1, 0.15) is 11.5 Å². The van der Waals surface area contributed by atoms with Gasteiger partial charge in [-0.3, -0.25) is 9.36 Å². The molecule has 0 spiro atoms. The Morgan fingerprint density at radius 2 is 1.78 bits per heavy atom. The van der Waals surface area contributed by atoms with Crippen molar-refractivity contribution in [1.29, 1.82) is 0 Å². The van der Waals surface area contributed by atoms with Crippen LogP contribution in [0.4, 0.5) is 0 Å². The number of hydrogen-bond acceptors (Lipinski definition) is 4. The second kappa shape index (κ2) is 8.13. The topological polar surface area (TPSA) is 61.2 Å². The predicted octanol–water partition coefficient (Wildman–Crippen LogP) is 5.49. The minimum atomic E-state index is -0.696. The Bertz CT molecular complexity index is 1010. The molecule has 0 bridgehead atoms. The summed E-state index contributed by atoms with van der Waals surface area (Å²) in [6, 6.07) is 11.6. The van der Waals surface area contributed by atoms with E-state index in [1.807, 2.05) is 0 Å². The van der Waals surface area contributed by atoms with Gasteiger partial charge < -0.3 is 4.74 Å². The molecule has 0 saturated heterocycles. The Balaban J connectivity index is 2.32. The molecule has 0 fully saturated rings. The number of imidazole rings is 1. The number of carbonyl (C=O) groups is 2. The number of nitrogens with zero attached hydrogens (tertiary/aromatic N) is 2. The average molecular weight is 424 g/mol. The lowest BCUT2D eigenvalue weighted by atomic mass is 10.2. The van der Waals surface area contributed by atoms with Crippen LogP contribution in [0.2, 0.25) is 15.1 Å². The van der Waals surface area contributed by atoms with Crippen LogP contribution in [0.3, 0.4) is 0 Å². The maximum absolute atomic E-state index is 12.3. The van der Waals surface area contributed by atoms with Gasteiger partial charge in [0.2, 0.25) is 0 Å². The average Bonchev–Trinajstić information content (AvgIpc) is 3.02. The maximum Gasteiger partial charge on any atom is 0.359 e. The first-order valence-corrected chi connectivity index (χ1v) is 9.06. The highest BCUT2D eigenvalue weighted by Gasteiger charge is 2.26. The third kappa shape index (κ3) is 3.86. The number of hydrogen-bond donors (Lipinski definition) is 0. The monoisotopic (exact) mass is 422 g/mol. The van der Waals surface area contributed by atoms with Crippen molar-refractivity contribution < 1.29 is 14.3 Å². The van der Waals surface area contributed by atoms with Gasteiger partial charge in [0.25, 0.3) is 0 Å². The van der Waals surface area contributed by atoms with E-state index in [1.165, 1.54) is 4.57 Å². The summed E-state index contributed by atoms with van der Waals surface area (Å²) in [4.78, 5) is 28.5. The van der Waals surface area contributed by atoms with Gasteiger partial charge >= 0.3 is 5.97 Å². The first kappa shape index (κ1) is 19.4. The molecule has 27 heavy (non-hydrogen) atoms. The highest BCUT2D eigenvalue weighted by Crippen LogP contribution is 2.33. The first-order valence-electron chi connectivity index (χ1n) is 7.92. The molecule has 1 aromatic heterocycles. The number of aldehydes is 1. The lowest BCUT2D eigenvalue weighted by Crippen LogP contribution is -2.09. The number of rotatable bonds is 5. The smallest absolute Gasteiger partial charge is 0.359 e. The Morgan fingerprint density at radius 3 is 2.37 bits per heavy atom. The quantitative estimate of drug-likeness (QED) is 0.402. The van der Waals surface area contributed by atoms with E-state index in [-0.39, 0.29) is 18.0 Å². The molecule has 0 radical (unpaired) electrons. The van der Waals surface area contributed by atoms with Crippen molar-refractivity contribution in [3.05, 3.63) is 68.9 Å². The van der Waals surface area contributed by atoms with Crippen LogP contribution in [0.5, 0.6) is 0 Å². The second-order valence-corrected chi connectivity index (χ2v) is 6.72. The minimum Gasteiger partial charge on any atom is -0.461 e. The molecule has 0 amide bonds. The zero-order chi connectivity index (χ0) is 19.6. The summed E-state index contributed by atoms with van der Waals surface area (Å²) in [6.07, 6.45) is 0.557. The van der Waals surface area contributed by atoms with Crippen LogP contribution >= 0.6 is 34.8 Å². The van der Waals surface area contributed by atoms with Crippen LogP contribution in [0.25, 0.3) is 17.1 Å². The lowest BCUT2D eigenvalue weighted by Gasteiger charge is -2.11. The fourth-order valence-electron chi connectivity index (χ4n) is 2.59. The zero-order valence-electron chi connectivity index (χ0n) is 14.1. The minimum absolute atomic E-state index is 0.0526. The maximum atomic E-state index is 12.3. The molecule has 0 aliphatic heterocycles. The van der Waals surface area contributed by atoms with E-state index in [0.717, 1.165) is 0 Å². The van der Waals surface area contributed by atoms with Crippen LogP contribution < -0.4 is 0 Å². The number of halogens is 3. The fourth-order valence-corrected chi connectivity index (χ4v) is 3.21. The molecule has 0 unspecified atom stereocenters. The molecule has 0 aliphatic rings. The molecule has 138 valence electrons. The molecule has 3 rings (SSSR count). The van der Waals surface area contributed by atoms with Crippen LogP contribution in [-0.2, 0) is 4.74 Å². The molecule has 2 aromatic carbocycles. The van der Waals surface area contributed by atoms with E-state index in [4.69, 9.17) is 39.5 Å². The zero-order valence-corrected chi connectivity index (χ0v) is 16.3. The number of esters is 1. The van der Waals surface area contributed by atoms with Crippen molar-refractivity contribution in [2.45, 2.75) is 6.92 Å². The highest BCUT2D eigenvalue weighted by atomic mass is 35.5. The van der Waals surface area contributed by atoms with Crippen molar-refractivity contribution in [2.75, 3.05) is 6.61 Å². The van der Waals surface area contributed by atoms with Crippen molar-refractivity contribution in [2.24, 2.45) is 0 Å². The van der Waals surface area contributed by atoms with Gasteiger partial charge in [-0.2, -0.15) is 0 Å². The number of carbonyl (C=O) groups excluding carboxylic acids is 2. The van der Waals surface area contributed by atoms with E-state index in [2.05, 4.69) is 4.98 Å². The number of benzene rings is 2. The third-order valence-corrected chi connectivity index (χ3v) is 4.55. The van der Waals surface area contributed by atoms with Crippen LogP contribution in [0.1, 0.15) is 27.9 Å². The standard InChI is InChI=1S/C19H13Cl3N2O3/c1-2-27-19(26)17-16(10-25)24(13-6-3-11(20)4-7-13)18(23-17)14-8-5-12(21)9-15(14)22/h3-10H,2H2,1H3. The second-order valence-electron chi connectivity index (χ2n) is 5.44. The summed E-state index contributed by atoms with van der Waals surface area (Å²) in [5.41, 5.74) is 1.06. The number of aromatic nitrogens is 2. The molecule has 1 heterocycles. The summed E-state index contributed by atoms with van der Waals surface area (Å²) in [5, 5.41) is 1.31. The van der Waals surface area contributed by atoms with Gasteiger partial charge in [-0.05, 0) is 49.4 Å². The van der Waals surface area contributed by atoms with Crippen molar-refractivity contribution in [3.8, 4) is 17.1 Å². The van der Waals surface area contributed by atoms with Crippen molar-refractivity contribution in [1.82, 2.24) is 9.55 Å². The Hall–Kier alpha value is -2.34. The third-order valence-electron chi connectivity index (χ3n) is 3.75. The summed E-state index contributed by atoms with van der Waals surface area (Å²) in [7, 11) is 0. The summed E-state index contributed by atoms with van der Waals surface area (Å²) >= 11 is 18.3. The largest absolute Gasteiger partial charge is 0.461 e. The summed E-state index contributed by atoms with van der Waals surface area (Å²) < 4.78 is 6.56. The van der Waals surface area contributed by atoms with Gasteiger partial charge in [-0.1, -0.05) is 34.8 Å². The van der Waals surface area contributed by atoms with Gasteiger partial charge in [0.05, 0.1) is 11.6 Å². The molecule has 0 aliphatic carbocycles. The fraction of sp³-hybridized carbons (Fsp3) is 0.105. The van der Waals surface area contributed by atoms with Crippen molar-refractivity contribution >= 4 is 47.1 Å². The molecular formula is C19H13Cl3N2O3. The van der Waals surface area contributed by atoms with E-state index in [0.29, 0.717) is 38.4 Å². The van der Waals surface area contributed by atoms with E-state index in [1.54, 1.807) is 49.4 Å². The highest BCUT2D eigenvalue weighted by molar-refractivity contribution is 6.36. The molecule has 5 nitrogen and oxygen atoms in total. The van der Waals surface area contributed by atoms with Gasteiger partial charge in [0, 0.05) is 21.3 Å². The van der Waals surface area contributed by atoms with Crippen LogP contribution in [-0.4, -0.2) is 28.4 Å². The summed E-state index contributed by atoms with van der Waals surface area (Å²) in [5.74, 6) is -0.386.